The molecule has 1 N–H and O–H groups in total. The molecular weight excluding hydrogens is 522 g/mol. The van der Waals surface area contributed by atoms with Crippen molar-refractivity contribution in [2.45, 2.75) is 64.8 Å². The number of ether oxygens (including phenoxy) is 4. The van der Waals surface area contributed by atoms with Crippen LogP contribution in [0.1, 0.15) is 56.0 Å². The maximum atomic E-state index is 14.1. The van der Waals surface area contributed by atoms with Gasteiger partial charge in [0.2, 0.25) is 6.79 Å². The molecule has 0 aliphatic carbocycles. The van der Waals surface area contributed by atoms with Gasteiger partial charge in [0.25, 0.3) is 5.91 Å². The lowest BCUT2D eigenvalue weighted by atomic mass is 10.0. The molecule has 4 atom stereocenters. The maximum absolute atomic E-state index is 14.1. The molecule has 0 radical (unpaired) electrons. The molecule has 0 saturated heterocycles. The Morgan fingerprint density at radius 3 is 2.54 bits per heavy atom. The first kappa shape index (κ1) is 30.9. The summed E-state index contributed by atoms with van der Waals surface area (Å²) in [6.45, 7) is 8.71. The van der Waals surface area contributed by atoms with E-state index in [1.807, 2.05) is 63.2 Å². The zero-order chi connectivity index (χ0) is 29.5. The number of hydrogen-bond acceptors (Lipinski definition) is 8. The number of rotatable bonds is 7. The van der Waals surface area contributed by atoms with Crippen LogP contribution in [0.25, 0.3) is 0 Å². The highest BCUT2D eigenvalue weighted by Crippen LogP contribution is 2.33. The van der Waals surface area contributed by atoms with Crippen LogP contribution in [0.4, 0.5) is 5.69 Å². The minimum absolute atomic E-state index is 0.0235. The van der Waals surface area contributed by atoms with Gasteiger partial charge < -0.3 is 33.9 Å². The molecule has 9 heteroatoms. The van der Waals surface area contributed by atoms with E-state index >= 15 is 0 Å². The van der Waals surface area contributed by atoms with Gasteiger partial charge in [-0.15, -0.1) is 0 Å². The van der Waals surface area contributed by atoms with Gasteiger partial charge in [0.1, 0.15) is 5.75 Å². The molecule has 4 rings (SSSR count). The van der Waals surface area contributed by atoms with Gasteiger partial charge >= 0.3 is 0 Å². The fourth-order valence-corrected chi connectivity index (χ4v) is 5.37. The second-order valence-electron chi connectivity index (χ2n) is 11.8. The Labute approximate surface area is 244 Å². The topological polar surface area (TPSA) is 83.9 Å². The zero-order valence-electron chi connectivity index (χ0n) is 25.5. The van der Waals surface area contributed by atoms with Crippen molar-refractivity contribution in [3.05, 3.63) is 47.5 Å². The van der Waals surface area contributed by atoms with E-state index in [1.165, 1.54) is 0 Å². The van der Waals surface area contributed by atoms with Crippen LogP contribution < -0.4 is 19.1 Å². The monoisotopic (exact) mass is 569 g/mol. The highest BCUT2D eigenvalue weighted by Gasteiger charge is 2.30. The number of hydrogen-bond donors (Lipinski definition) is 1. The van der Waals surface area contributed by atoms with Crippen LogP contribution in [0, 0.1) is 5.92 Å². The lowest BCUT2D eigenvalue weighted by Crippen LogP contribution is -2.47. The van der Waals surface area contributed by atoms with Crippen molar-refractivity contribution in [1.29, 1.82) is 0 Å². The first-order valence-electron chi connectivity index (χ1n) is 14.7. The van der Waals surface area contributed by atoms with Crippen LogP contribution in [0.15, 0.2) is 36.4 Å². The molecule has 2 aliphatic heterocycles. The van der Waals surface area contributed by atoms with E-state index in [2.05, 4.69) is 24.9 Å². The minimum atomic E-state index is -0.363. The molecule has 9 nitrogen and oxygen atoms in total. The predicted molar refractivity (Wildman–Crippen MR) is 160 cm³/mol. The molecular formula is C32H47N3O6. The van der Waals surface area contributed by atoms with E-state index in [9.17, 15) is 9.90 Å². The van der Waals surface area contributed by atoms with Gasteiger partial charge in [-0.3, -0.25) is 9.69 Å². The van der Waals surface area contributed by atoms with E-state index in [0.717, 1.165) is 48.6 Å². The van der Waals surface area contributed by atoms with Crippen molar-refractivity contribution in [3.8, 4) is 17.2 Å². The standard InChI is InChI=1S/C32H47N3O6/c1-22-17-35(23(2)20-36)32(37)27-16-26(33(4)5)11-13-28(27)41-24(3)9-7-8-14-38-31(22)19-34(6)18-25-10-12-29-30(15-25)40-21-39-29/h10-13,15-16,22-24,31,36H,7-9,14,17-21H2,1-6H3/t22-,23+,24-,31-/m0/s1. The number of likely N-dealkylation sites (N-methyl/N-ethyl adjacent to an activating group) is 1. The summed E-state index contributed by atoms with van der Waals surface area (Å²) in [5, 5.41) is 10.1. The molecule has 0 aromatic heterocycles. The third-order valence-corrected chi connectivity index (χ3v) is 7.93. The van der Waals surface area contributed by atoms with Gasteiger partial charge in [-0.2, -0.15) is 0 Å². The van der Waals surface area contributed by atoms with Crippen molar-refractivity contribution in [3.63, 3.8) is 0 Å². The molecule has 2 heterocycles. The summed E-state index contributed by atoms with van der Waals surface area (Å²) in [7, 11) is 6.00. The number of carbonyl (C=O) groups excluding carboxylic acids is 1. The Morgan fingerprint density at radius 2 is 1.78 bits per heavy atom. The van der Waals surface area contributed by atoms with Crippen molar-refractivity contribution < 1.29 is 28.8 Å². The molecule has 2 aliphatic rings. The SMILES string of the molecule is C[C@H](CO)N1C[C@H](C)[C@H](CN(C)Cc2ccc3c(c2)OCO3)OCCCC[C@H](C)Oc2ccc(N(C)C)cc2C1=O. The largest absolute Gasteiger partial charge is 0.490 e. The Morgan fingerprint density at radius 1 is 1.02 bits per heavy atom. The molecule has 41 heavy (non-hydrogen) atoms. The average Bonchev–Trinajstić information content (AvgIpc) is 3.42. The molecule has 0 unspecified atom stereocenters. The molecule has 0 saturated carbocycles. The van der Waals surface area contributed by atoms with Crippen LogP contribution in [-0.4, -0.2) is 93.3 Å². The smallest absolute Gasteiger partial charge is 0.258 e. The van der Waals surface area contributed by atoms with Crippen molar-refractivity contribution in [2.24, 2.45) is 5.92 Å². The van der Waals surface area contributed by atoms with E-state index in [4.69, 9.17) is 18.9 Å². The van der Waals surface area contributed by atoms with Gasteiger partial charge in [-0.25, -0.2) is 0 Å². The third-order valence-electron chi connectivity index (χ3n) is 7.93. The summed E-state index contributed by atoms with van der Waals surface area (Å²) in [5.74, 6) is 2.02. The van der Waals surface area contributed by atoms with Gasteiger partial charge in [0.05, 0.1) is 30.4 Å². The highest BCUT2D eigenvalue weighted by molar-refractivity contribution is 5.98. The summed E-state index contributed by atoms with van der Waals surface area (Å²) in [6.07, 6.45) is 2.64. The van der Waals surface area contributed by atoms with Crippen molar-refractivity contribution in [2.75, 3.05) is 59.1 Å². The van der Waals surface area contributed by atoms with Crippen molar-refractivity contribution >= 4 is 11.6 Å². The second-order valence-corrected chi connectivity index (χ2v) is 11.8. The third kappa shape index (κ3) is 8.05. The van der Waals surface area contributed by atoms with E-state index in [-0.39, 0.29) is 43.5 Å². The lowest BCUT2D eigenvalue weighted by molar-refractivity contribution is -0.0177. The fraction of sp³-hybridized carbons (Fsp3) is 0.594. The van der Waals surface area contributed by atoms with E-state index in [1.54, 1.807) is 4.90 Å². The Bertz CT molecular complexity index is 1160. The van der Waals surface area contributed by atoms with E-state index < -0.39 is 0 Å². The van der Waals surface area contributed by atoms with Gasteiger partial charge in [0.15, 0.2) is 11.5 Å². The maximum Gasteiger partial charge on any atom is 0.258 e. The Kier molecular flexibility index (Phi) is 10.8. The first-order valence-corrected chi connectivity index (χ1v) is 14.7. The van der Waals surface area contributed by atoms with Crippen LogP contribution in [0.5, 0.6) is 17.2 Å². The predicted octanol–water partition coefficient (Wildman–Crippen LogP) is 4.41. The highest BCUT2D eigenvalue weighted by atomic mass is 16.7. The number of aliphatic hydroxyl groups excluding tert-OH is 1. The van der Waals surface area contributed by atoms with Gasteiger partial charge in [-0.1, -0.05) is 13.0 Å². The number of benzene rings is 2. The Balaban J connectivity index is 1.57. The summed E-state index contributed by atoms with van der Waals surface area (Å²) >= 11 is 0. The normalized spacial score (nSPS) is 22.6. The molecule has 0 spiro atoms. The molecule has 0 fully saturated rings. The Hall–Kier alpha value is -3.01. The van der Waals surface area contributed by atoms with Crippen LogP contribution in [0.3, 0.4) is 0 Å². The number of nitrogens with zero attached hydrogens (tertiary/aromatic N) is 3. The van der Waals surface area contributed by atoms with Gasteiger partial charge in [0, 0.05) is 51.9 Å². The number of aliphatic hydroxyl groups is 1. The van der Waals surface area contributed by atoms with Crippen LogP contribution >= 0.6 is 0 Å². The average molecular weight is 570 g/mol. The summed E-state index contributed by atoms with van der Waals surface area (Å²) in [4.78, 5) is 20.1. The number of anilines is 1. The molecule has 1 amide bonds. The number of fused-ring (bicyclic) bond motifs is 2. The number of carbonyl (C=O) groups is 1. The summed E-state index contributed by atoms with van der Waals surface area (Å²) in [6, 6.07) is 11.5. The first-order chi connectivity index (χ1) is 19.7. The lowest BCUT2D eigenvalue weighted by Gasteiger charge is -2.36. The van der Waals surface area contributed by atoms with Gasteiger partial charge in [-0.05, 0) is 76.1 Å². The second kappa shape index (κ2) is 14.2. The number of amides is 1. The molecule has 2 aromatic carbocycles. The molecule has 226 valence electrons. The van der Waals surface area contributed by atoms with Crippen LogP contribution in [0.2, 0.25) is 0 Å². The zero-order valence-corrected chi connectivity index (χ0v) is 25.5. The van der Waals surface area contributed by atoms with E-state index in [0.29, 0.717) is 31.0 Å². The summed E-state index contributed by atoms with van der Waals surface area (Å²) < 4.78 is 23.8. The minimum Gasteiger partial charge on any atom is -0.490 e. The van der Waals surface area contributed by atoms with Crippen molar-refractivity contribution in [1.82, 2.24) is 9.80 Å². The summed E-state index contributed by atoms with van der Waals surface area (Å²) in [5.41, 5.74) is 2.58. The fourth-order valence-electron chi connectivity index (χ4n) is 5.37. The quantitative estimate of drug-likeness (QED) is 0.525. The molecule has 2 aromatic rings. The molecule has 0 bridgehead atoms. The van der Waals surface area contributed by atoms with Crippen LogP contribution in [-0.2, 0) is 11.3 Å².